The fourth-order valence-electron chi connectivity index (χ4n) is 5.52. The summed E-state index contributed by atoms with van der Waals surface area (Å²) >= 11 is 0. The first-order valence-electron chi connectivity index (χ1n) is 13.1. The van der Waals surface area contributed by atoms with Crippen molar-refractivity contribution in [2.45, 2.75) is 44.6 Å². The molecule has 4 aliphatic rings. The lowest BCUT2D eigenvalue weighted by atomic mass is 9.95. The van der Waals surface area contributed by atoms with E-state index >= 15 is 0 Å². The van der Waals surface area contributed by atoms with E-state index < -0.39 is 49.2 Å². The minimum atomic E-state index is -4.69. The van der Waals surface area contributed by atoms with Crippen molar-refractivity contribution in [3.63, 3.8) is 0 Å². The molecule has 2 unspecified atom stereocenters. The number of nitrogens with one attached hydrogen (secondary N) is 1. The molecular formula is C26H34F3N5O6. The largest absolute Gasteiger partial charge is 0.501 e. The van der Waals surface area contributed by atoms with E-state index in [1.807, 2.05) is 12.2 Å². The highest BCUT2D eigenvalue weighted by Gasteiger charge is 2.52. The van der Waals surface area contributed by atoms with Gasteiger partial charge in [-0.1, -0.05) is 12.2 Å². The van der Waals surface area contributed by atoms with Gasteiger partial charge < -0.3 is 29.7 Å². The van der Waals surface area contributed by atoms with E-state index in [0.29, 0.717) is 43.9 Å². The summed E-state index contributed by atoms with van der Waals surface area (Å²) in [7, 11) is 3.03. The maximum absolute atomic E-state index is 13.8. The van der Waals surface area contributed by atoms with Crippen LogP contribution < -0.4 is 5.32 Å². The number of amides is 3. The van der Waals surface area contributed by atoms with Crippen LogP contribution >= 0.6 is 0 Å². The number of fused-ring (bicyclic) bond motifs is 1. The van der Waals surface area contributed by atoms with Crippen LogP contribution in [0, 0.1) is 11.8 Å². The number of aliphatic imine (C=N–C) groups is 1. The van der Waals surface area contributed by atoms with E-state index in [0.717, 1.165) is 0 Å². The maximum Gasteiger partial charge on any atom is 0.422 e. The number of hydrogen-bond acceptors (Lipinski definition) is 8. The fourth-order valence-corrected chi connectivity index (χ4v) is 5.52. The smallest absolute Gasteiger partial charge is 0.422 e. The Morgan fingerprint density at radius 2 is 1.95 bits per heavy atom. The number of methoxy groups -OCH3 is 1. The molecule has 40 heavy (non-hydrogen) atoms. The Labute approximate surface area is 229 Å². The summed E-state index contributed by atoms with van der Waals surface area (Å²) in [5.41, 5.74) is -0.182. The van der Waals surface area contributed by atoms with Crippen molar-refractivity contribution in [1.29, 1.82) is 0 Å². The lowest BCUT2D eigenvalue weighted by Gasteiger charge is -2.37. The van der Waals surface area contributed by atoms with Gasteiger partial charge in [0.1, 0.15) is 41.7 Å². The number of aliphatic hydroxyl groups excluding tert-OH is 1. The fraction of sp³-hybridized carbons (Fsp3) is 0.615. The van der Waals surface area contributed by atoms with Gasteiger partial charge in [-0.2, -0.15) is 13.2 Å². The quantitative estimate of drug-likeness (QED) is 0.449. The zero-order valence-corrected chi connectivity index (χ0v) is 22.6. The molecule has 1 fully saturated rings. The van der Waals surface area contributed by atoms with E-state index in [9.17, 15) is 27.6 Å². The number of nitrogens with zero attached hydrogens (tertiary/aromatic N) is 4. The maximum atomic E-state index is 13.8. The number of piperidine rings is 1. The van der Waals surface area contributed by atoms with Crippen molar-refractivity contribution < 1.29 is 42.1 Å². The van der Waals surface area contributed by atoms with Crippen molar-refractivity contribution in [3.05, 3.63) is 35.4 Å². The van der Waals surface area contributed by atoms with Gasteiger partial charge in [-0.3, -0.25) is 19.3 Å². The molecule has 3 amide bonds. The molecule has 4 rings (SSSR count). The van der Waals surface area contributed by atoms with Crippen molar-refractivity contribution in [3.8, 4) is 0 Å². The molecule has 0 radical (unpaired) electrons. The molecule has 1 saturated heterocycles. The van der Waals surface area contributed by atoms with Crippen LogP contribution in [0.15, 0.2) is 40.4 Å². The summed E-state index contributed by atoms with van der Waals surface area (Å²) in [5.74, 6) is -2.34. The molecule has 2 N–H and O–H groups in total. The van der Waals surface area contributed by atoms with Gasteiger partial charge in [0.15, 0.2) is 6.61 Å². The normalized spacial score (nSPS) is 25.5. The molecule has 1 aliphatic carbocycles. The highest BCUT2D eigenvalue weighted by molar-refractivity contribution is 6.04. The highest BCUT2D eigenvalue weighted by Crippen LogP contribution is 2.40. The summed E-state index contributed by atoms with van der Waals surface area (Å²) < 4.78 is 50.3. The first-order valence-corrected chi connectivity index (χ1v) is 13.1. The summed E-state index contributed by atoms with van der Waals surface area (Å²) in [4.78, 5) is 47.9. The third-order valence-corrected chi connectivity index (χ3v) is 7.59. The third-order valence-electron chi connectivity index (χ3n) is 7.59. The number of aliphatic hydroxyl groups is 1. The second-order valence-electron chi connectivity index (χ2n) is 10.2. The van der Waals surface area contributed by atoms with Gasteiger partial charge >= 0.3 is 6.18 Å². The number of allylic oxidation sites excluding steroid dienone is 3. The first-order chi connectivity index (χ1) is 18.9. The first kappa shape index (κ1) is 29.4. The average Bonchev–Trinajstić information content (AvgIpc) is 3.20. The molecule has 0 aromatic rings. The predicted molar refractivity (Wildman–Crippen MR) is 136 cm³/mol. The minimum absolute atomic E-state index is 0.172. The Morgan fingerprint density at radius 3 is 2.58 bits per heavy atom. The number of carbonyl (C=O) groups is 3. The number of likely N-dealkylation sites (tertiary alicyclic amines) is 1. The summed E-state index contributed by atoms with van der Waals surface area (Å²) in [6.07, 6.45) is 1.34. The summed E-state index contributed by atoms with van der Waals surface area (Å²) in [5, 5.41) is 11.9. The van der Waals surface area contributed by atoms with Crippen LogP contribution in [0.3, 0.4) is 0 Å². The number of rotatable bonds is 8. The number of ether oxygens (including phenoxy) is 2. The lowest BCUT2D eigenvalue weighted by Crippen LogP contribution is -2.52. The van der Waals surface area contributed by atoms with E-state index in [-0.39, 0.29) is 30.0 Å². The van der Waals surface area contributed by atoms with Gasteiger partial charge in [-0.15, -0.1) is 0 Å². The summed E-state index contributed by atoms with van der Waals surface area (Å²) in [6.45, 7) is 0.192. The Kier molecular flexibility index (Phi) is 8.76. The summed E-state index contributed by atoms with van der Waals surface area (Å²) in [6, 6.07) is -0.362. The van der Waals surface area contributed by atoms with Crippen LogP contribution in [0.2, 0.25) is 0 Å². The molecule has 0 spiro atoms. The molecule has 3 heterocycles. The van der Waals surface area contributed by atoms with Gasteiger partial charge in [-0.05, 0) is 32.3 Å². The van der Waals surface area contributed by atoms with E-state index in [2.05, 4.69) is 10.3 Å². The molecule has 0 saturated carbocycles. The number of halogens is 3. The van der Waals surface area contributed by atoms with Gasteiger partial charge in [0.05, 0.1) is 7.11 Å². The molecule has 0 aromatic carbocycles. The zero-order chi connectivity index (χ0) is 29.2. The van der Waals surface area contributed by atoms with Crippen molar-refractivity contribution in [2.75, 3.05) is 47.0 Å². The number of hydrogen-bond donors (Lipinski definition) is 2. The number of carbonyl (C=O) groups excluding carboxylic acids is 3. The third kappa shape index (κ3) is 6.11. The Bertz CT molecular complexity index is 1140. The minimum Gasteiger partial charge on any atom is -0.501 e. The van der Waals surface area contributed by atoms with Gasteiger partial charge in [0.25, 0.3) is 5.91 Å². The average molecular weight is 570 g/mol. The Balaban J connectivity index is 1.58. The van der Waals surface area contributed by atoms with Crippen LogP contribution in [0.5, 0.6) is 0 Å². The second kappa shape index (κ2) is 11.9. The van der Waals surface area contributed by atoms with Crippen LogP contribution in [0.4, 0.5) is 13.2 Å². The SMILES string of the molecule is COC1=CC=CCC1CN1C(=O)C2C(OCC(F)(F)F)=C(C(=O)NC3CCN(C(=O)CO)CC3)N(C)[C@@H]2N=C1C. The van der Waals surface area contributed by atoms with E-state index in [1.54, 1.807) is 13.0 Å². The van der Waals surface area contributed by atoms with E-state index in [1.165, 1.54) is 28.9 Å². The molecule has 14 heteroatoms. The monoisotopic (exact) mass is 569 g/mol. The number of alkyl halides is 3. The molecule has 3 atom stereocenters. The van der Waals surface area contributed by atoms with Crippen LogP contribution in [0.1, 0.15) is 26.2 Å². The topological polar surface area (TPSA) is 124 Å². The second-order valence-corrected chi connectivity index (χ2v) is 10.2. The highest BCUT2D eigenvalue weighted by atomic mass is 19.4. The molecule has 0 aromatic heterocycles. The van der Waals surface area contributed by atoms with Crippen LogP contribution in [-0.4, -0.2) is 109 Å². The molecule has 220 valence electrons. The number of likely N-dealkylation sites (N-methyl/N-ethyl adjacent to an activating group) is 1. The van der Waals surface area contributed by atoms with Gasteiger partial charge in [0, 0.05) is 38.6 Å². The number of amidine groups is 1. The lowest BCUT2D eigenvalue weighted by molar-refractivity contribution is -0.168. The molecular weight excluding hydrogens is 535 g/mol. The Morgan fingerprint density at radius 1 is 1.25 bits per heavy atom. The predicted octanol–water partition coefficient (Wildman–Crippen LogP) is 1.13. The van der Waals surface area contributed by atoms with Gasteiger partial charge in [0.2, 0.25) is 11.8 Å². The van der Waals surface area contributed by atoms with Crippen LogP contribution in [0.25, 0.3) is 0 Å². The molecule has 0 bridgehead atoms. The molecule has 3 aliphatic heterocycles. The zero-order valence-electron chi connectivity index (χ0n) is 22.6. The van der Waals surface area contributed by atoms with Crippen LogP contribution in [-0.2, 0) is 23.9 Å². The van der Waals surface area contributed by atoms with Crippen molar-refractivity contribution >= 4 is 23.6 Å². The van der Waals surface area contributed by atoms with Gasteiger partial charge in [-0.25, -0.2) is 4.99 Å². The van der Waals surface area contributed by atoms with Crippen molar-refractivity contribution in [1.82, 2.24) is 20.0 Å². The Hall–Kier alpha value is -3.55. The molecule has 11 nitrogen and oxygen atoms in total. The van der Waals surface area contributed by atoms with Crippen molar-refractivity contribution in [2.24, 2.45) is 16.8 Å². The standard InChI is InChI=1S/C26H34F3N5O6/c1-15-30-23-20(25(38)34(15)12-16-6-4-5-7-18(16)39-3)22(40-14-26(27,28)29)21(32(23)2)24(37)31-17-8-10-33(11-9-17)19(36)13-35/h4-5,7,16-17,20,23,35H,6,8-14H2,1-3H3,(H,31,37)/t16?,20?,23-/m0/s1. The van der Waals surface area contributed by atoms with E-state index in [4.69, 9.17) is 14.6 Å².